The van der Waals surface area contributed by atoms with Crippen molar-refractivity contribution < 1.29 is 9.59 Å². The summed E-state index contributed by atoms with van der Waals surface area (Å²) < 4.78 is 2.16. The molecule has 48 heavy (non-hydrogen) atoms. The van der Waals surface area contributed by atoms with Crippen molar-refractivity contribution in [2.45, 2.75) is 0 Å². The molecule has 0 bridgehead atoms. The Morgan fingerprint density at radius 2 is 0.958 bits per heavy atom. The van der Waals surface area contributed by atoms with E-state index in [2.05, 4.69) is 65.2 Å². The van der Waals surface area contributed by atoms with Crippen molar-refractivity contribution in [2.75, 3.05) is 4.90 Å². The van der Waals surface area contributed by atoms with Gasteiger partial charge < -0.3 is 4.57 Å². The molecule has 0 fully saturated rings. The van der Waals surface area contributed by atoms with Crippen LogP contribution in [0.15, 0.2) is 170 Å². The Kier molecular flexibility index (Phi) is 6.41. The van der Waals surface area contributed by atoms with Gasteiger partial charge in [-0.2, -0.15) is 0 Å². The van der Waals surface area contributed by atoms with Crippen LogP contribution in [0.4, 0.5) is 5.69 Å². The molecule has 0 spiro atoms. The highest BCUT2D eigenvalue weighted by Crippen LogP contribution is 2.43. The number of rotatable bonds is 5. The summed E-state index contributed by atoms with van der Waals surface area (Å²) in [5, 5.41) is 2.17. The fourth-order valence-electron chi connectivity index (χ4n) is 7.18. The molecule has 9 rings (SSSR count). The van der Waals surface area contributed by atoms with E-state index in [-0.39, 0.29) is 11.8 Å². The van der Waals surface area contributed by atoms with Gasteiger partial charge in [0.05, 0.1) is 33.5 Å². The number of hydrogen-bond acceptors (Lipinski definition) is 2. The zero-order valence-corrected chi connectivity index (χ0v) is 25.9. The number of amides is 2. The number of imide groups is 1. The highest BCUT2D eigenvalue weighted by Gasteiger charge is 2.40. The van der Waals surface area contributed by atoms with Crippen molar-refractivity contribution in [3.63, 3.8) is 0 Å². The molecule has 0 aliphatic carbocycles. The summed E-state index contributed by atoms with van der Waals surface area (Å²) in [5.41, 5.74) is 9.96. The van der Waals surface area contributed by atoms with Crippen molar-refractivity contribution >= 4 is 39.3 Å². The Morgan fingerprint density at radius 3 is 1.69 bits per heavy atom. The minimum atomic E-state index is -0.335. The number of aromatic nitrogens is 1. The largest absolute Gasteiger partial charge is 0.308 e. The fourth-order valence-corrected chi connectivity index (χ4v) is 7.18. The number of anilines is 1. The minimum Gasteiger partial charge on any atom is -0.308 e. The lowest BCUT2D eigenvalue weighted by Gasteiger charge is -2.20. The summed E-state index contributed by atoms with van der Waals surface area (Å²) >= 11 is 0. The molecule has 0 atom stereocenters. The molecule has 2 amide bonds. The van der Waals surface area contributed by atoms with Gasteiger partial charge in [0.25, 0.3) is 11.8 Å². The molecule has 1 aliphatic rings. The number of fused-ring (bicyclic) bond motifs is 4. The van der Waals surface area contributed by atoms with Crippen LogP contribution < -0.4 is 4.90 Å². The second-order valence-electron chi connectivity index (χ2n) is 12.0. The predicted octanol–water partition coefficient (Wildman–Crippen LogP) is 10.6. The monoisotopic (exact) mass is 616 g/mol. The second kappa shape index (κ2) is 11.1. The number of carbonyl (C=O) groups excluding carboxylic acids is 2. The molecule has 1 aliphatic heterocycles. The quantitative estimate of drug-likeness (QED) is 0.181. The molecular formula is C44H28N2O2. The second-order valence-corrected chi connectivity index (χ2v) is 12.0. The zero-order chi connectivity index (χ0) is 32.2. The van der Waals surface area contributed by atoms with Crippen LogP contribution in [0.1, 0.15) is 20.7 Å². The molecule has 226 valence electrons. The van der Waals surface area contributed by atoms with Gasteiger partial charge in [-0.15, -0.1) is 0 Å². The lowest BCUT2D eigenvalue weighted by atomic mass is 9.97. The van der Waals surface area contributed by atoms with E-state index >= 15 is 0 Å². The number of carbonyl (C=O) groups is 2. The first-order chi connectivity index (χ1) is 23.7. The van der Waals surface area contributed by atoms with Crippen molar-refractivity contribution in [1.82, 2.24) is 4.57 Å². The van der Waals surface area contributed by atoms with Crippen molar-refractivity contribution in [3.8, 4) is 39.1 Å². The van der Waals surface area contributed by atoms with Gasteiger partial charge in [0, 0.05) is 21.9 Å². The van der Waals surface area contributed by atoms with Gasteiger partial charge in [-0.05, 0) is 52.6 Å². The van der Waals surface area contributed by atoms with Gasteiger partial charge in [-0.25, -0.2) is 4.90 Å². The molecule has 1 aromatic heterocycles. The van der Waals surface area contributed by atoms with Crippen LogP contribution in [-0.4, -0.2) is 16.4 Å². The van der Waals surface area contributed by atoms with E-state index in [9.17, 15) is 9.59 Å². The topological polar surface area (TPSA) is 42.3 Å². The Labute approximate surface area is 277 Å². The molecule has 4 nitrogen and oxygen atoms in total. The SMILES string of the molecule is O=C1c2cccc(-n3c4ccccc4c4cccc(-c5ccccc5)c43)c2C(=O)N1c1ccc(-c2ccccc2)cc1-c1ccccc1. The van der Waals surface area contributed by atoms with Crippen LogP contribution in [0.5, 0.6) is 0 Å². The maximum Gasteiger partial charge on any atom is 0.268 e. The summed E-state index contributed by atoms with van der Waals surface area (Å²) in [6.07, 6.45) is 0. The van der Waals surface area contributed by atoms with Gasteiger partial charge in [-0.1, -0.05) is 140 Å². The van der Waals surface area contributed by atoms with Crippen LogP contribution >= 0.6 is 0 Å². The maximum absolute atomic E-state index is 14.8. The van der Waals surface area contributed by atoms with E-state index in [0.29, 0.717) is 22.5 Å². The molecule has 0 N–H and O–H groups in total. The van der Waals surface area contributed by atoms with E-state index in [0.717, 1.165) is 55.2 Å². The Morgan fingerprint density at radius 1 is 0.375 bits per heavy atom. The number of nitrogens with zero attached hydrogens (tertiary/aromatic N) is 2. The van der Waals surface area contributed by atoms with Crippen LogP contribution in [0.25, 0.3) is 60.9 Å². The summed E-state index contributed by atoms with van der Waals surface area (Å²) in [4.78, 5) is 30.5. The molecule has 4 heteroatoms. The highest BCUT2D eigenvalue weighted by molar-refractivity contribution is 6.36. The predicted molar refractivity (Wildman–Crippen MR) is 195 cm³/mol. The molecule has 7 aromatic carbocycles. The third kappa shape index (κ3) is 4.24. The zero-order valence-electron chi connectivity index (χ0n) is 25.9. The van der Waals surface area contributed by atoms with Crippen molar-refractivity contribution in [1.29, 1.82) is 0 Å². The molecule has 0 saturated carbocycles. The van der Waals surface area contributed by atoms with Crippen LogP contribution in [0.2, 0.25) is 0 Å². The van der Waals surface area contributed by atoms with Gasteiger partial charge >= 0.3 is 0 Å². The maximum atomic E-state index is 14.8. The molecule has 2 heterocycles. The first kappa shape index (κ1) is 27.8. The number of para-hydroxylation sites is 2. The average Bonchev–Trinajstić information content (AvgIpc) is 3.63. The smallest absolute Gasteiger partial charge is 0.268 e. The normalized spacial score (nSPS) is 12.6. The van der Waals surface area contributed by atoms with Gasteiger partial charge in [0.15, 0.2) is 0 Å². The summed E-state index contributed by atoms with van der Waals surface area (Å²) in [5.74, 6) is -0.663. The third-order valence-corrected chi connectivity index (χ3v) is 9.34. The lowest BCUT2D eigenvalue weighted by molar-refractivity contribution is 0.0926. The number of hydrogen-bond donors (Lipinski definition) is 0. The number of benzene rings is 7. The first-order valence-corrected chi connectivity index (χ1v) is 16.0. The van der Waals surface area contributed by atoms with Crippen LogP contribution in [-0.2, 0) is 0 Å². The molecule has 8 aromatic rings. The Bertz CT molecular complexity index is 2530. The van der Waals surface area contributed by atoms with Crippen molar-refractivity contribution in [3.05, 3.63) is 181 Å². The Hall–Kier alpha value is -6.52. The Balaban J connectivity index is 1.27. The van der Waals surface area contributed by atoms with Crippen LogP contribution in [0, 0.1) is 0 Å². The first-order valence-electron chi connectivity index (χ1n) is 16.0. The van der Waals surface area contributed by atoms with Gasteiger partial charge in [0.1, 0.15) is 0 Å². The van der Waals surface area contributed by atoms with E-state index < -0.39 is 0 Å². The standard InChI is InChI=1S/C44H28N2O2/c47-43-36-23-13-25-40(45-38-24-11-10-20-34(38)35-22-12-21-33(42(35)45)30-16-6-2-7-17-30)41(36)44(48)46(43)39-27-26-32(29-14-4-1-5-15-29)28-37(39)31-18-8-3-9-19-31/h1-28H. The molecular weight excluding hydrogens is 588 g/mol. The lowest BCUT2D eigenvalue weighted by Crippen LogP contribution is -2.30. The van der Waals surface area contributed by atoms with Gasteiger partial charge in [-0.3, -0.25) is 9.59 Å². The summed E-state index contributed by atoms with van der Waals surface area (Å²) in [6, 6.07) is 56.5. The molecule has 0 radical (unpaired) electrons. The minimum absolute atomic E-state index is 0.328. The van der Waals surface area contributed by atoms with E-state index in [1.54, 1.807) is 6.07 Å². The van der Waals surface area contributed by atoms with E-state index in [4.69, 9.17) is 0 Å². The average molecular weight is 617 g/mol. The molecule has 0 saturated heterocycles. The molecule has 0 unspecified atom stereocenters. The van der Waals surface area contributed by atoms with E-state index in [1.165, 1.54) is 4.90 Å². The van der Waals surface area contributed by atoms with Crippen LogP contribution in [0.3, 0.4) is 0 Å². The van der Waals surface area contributed by atoms with Crippen molar-refractivity contribution in [2.24, 2.45) is 0 Å². The van der Waals surface area contributed by atoms with Gasteiger partial charge in [0.2, 0.25) is 0 Å². The van der Waals surface area contributed by atoms with E-state index in [1.807, 2.05) is 103 Å². The third-order valence-electron chi connectivity index (χ3n) is 9.34. The fraction of sp³-hybridized carbons (Fsp3) is 0. The highest BCUT2D eigenvalue weighted by atomic mass is 16.2. The summed E-state index contributed by atoms with van der Waals surface area (Å²) in [7, 11) is 0. The summed E-state index contributed by atoms with van der Waals surface area (Å²) in [6.45, 7) is 0.